The molecule has 1 aromatic carbocycles. The van der Waals surface area contributed by atoms with Crippen LogP contribution < -0.4 is 21.3 Å². The smallest absolute Gasteiger partial charge is 0.262 e. The van der Waals surface area contributed by atoms with Crippen LogP contribution in [0.2, 0.25) is 0 Å². The van der Waals surface area contributed by atoms with E-state index in [-0.39, 0.29) is 23.0 Å². The van der Waals surface area contributed by atoms with E-state index in [0.717, 1.165) is 11.6 Å². The highest BCUT2D eigenvalue weighted by molar-refractivity contribution is 6.23. The first-order valence-electron chi connectivity index (χ1n) is 7.48. The molecule has 0 unspecified atom stereocenters. The third-order valence-electron chi connectivity index (χ3n) is 3.67. The average molecular weight is 327 g/mol. The molecule has 0 saturated heterocycles. The zero-order chi connectivity index (χ0) is 17.6. The second-order valence-electron chi connectivity index (χ2n) is 5.91. The number of anilines is 1. The maximum atomic E-state index is 12.5. The molecule has 0 bridgehead atoms. The summed E-state index contributed by atoms with van der Waals surface area (Å²) < 4.78 is 6.95. The lowest BCUT2D eigenvalue weighted by molar-refractivity contribution is 0.0880. The average Bonchev–Trinajstić information content (AvgIpc) is 2.76. The second-order valence-corrected chi connectivity index (χ2v) is 5.91. The fourth-order valence-corrected chi connectivity index (χ4v) is 2.68. The number of pyridine rings is 1. The topological polar surface area (TPSA) is 103 Å². The number of nitrogen functional groups attached to an aromatic ring is 1. The van der Waals surface area contributed by atoms with Gasteiger partial charge in [-0.1, -0.05) is 6.07 Å². The minimum Gasteiger partial charge on any atom is -0.489 e. The Morgan fingerprint density at radius 2 is 1.83 bits per heavy atom. The number of nitrogens with zero attached hydrogens (tertiary/aromatic N) is 1. The maximum Gasteiger partial charge on any atom is 0.262 e. The number of fused-ring (bicyclic) bond motifs is 1. The molecule has 7 heteroatoms. The van der Waals surface area contributed by atoms with E-state index in [2.05, 4.69) is 5.32 Å². The fraction of sp³-hybridized carbons (Fsp3) is 0.235. The van der Waals surface area contributed by atoms with Gasteiger partial charge in [0, 0.05) is 6.07 Å². The normalized spacial score (nSPS) is 13.2. The molecule has 0 radical (unpaired) electrons. The van der Waals surface area contributed by atoms with E-state index in [1.807, 2.05) is 26.8 Å². The number of nitrogens with one attached hydrogen (secondary N) is 1. The van der Waals surface area contributed by atoms with Crippen molar-refractivity contribution in [2.24, 2.45) is 0 Å². The minimum absolute atomic E-state index is 0.00210. The summed E-state index contributed by atoms with van der Waals surface area (Å²) in [7, 11) is 0. The van der Waals surface area contributed by atoms with Crippen molar-refractivity contribution in [1.82, 2.24) is 9.88 Å². The van der Waals surface area contributed by atoms with E-state index >= 15 is 0 Å². The summed E-state index contributed by atoms with van der Waals surface area (Å²) >= 11 is 0. The van der Waals surface area contributed by atoms with Gasteiger partial charge < -0.3 is 10.5 Å². The van der Waals surface area contributed by atoms with Crippen LogP contribution in [0.15, 0.2) is 29.1 Å². The van der Waals surface area contributed by atoms with E-state index in [9.17, 15) is 14.4 Å². The highest BCUT2D eigenvalue weighted by Gasteiger charge is 2.32. The van der Waals surface area contributed by atoms with Crippen molar-refractivity contribution in [3.8, 4) is 11.4 Å². The van der Waals surface area contributed by atoms with Gasteiger partial charge in [-0.05, 0) is 38.5 Å². The summed E-state index contributed by atoms with van der Waals surface area (Å²) in [5.41, 5.74) is 6.90. The van der Waals surface area contributed by atoms with Crippen LogP contribution in [0, 0.1) is 6.92 Å². The number of benzene rings is 1. The number of rotatable bonds is 3. The van der Waals surface area contributed by atoms with Gasteiger partial charge in [-0.25, -0.2) is 0 Å². The third kappa shape index (κ3) is 2.44. The summed E-state index contributed by atoms with van der Waals surface area (Å²) in [6.45, 7) is 5.60. The van der Waals surface area contributed by atoms with Crippen LogP contribution in [-0.2, 0) is 0 Å². The van der Waals surface area contributed by atoms with Gasteiger partial charge in [0.15, 0.2) is 0 Å². The Balaban J connectivity index is 2.31. The molecule has 2 aromatic rings. The molecule has 1 aliphatic heterocycles. The standard InChI is InChI=1S/C17H17N3O4/c1-8(2)24-12-5-4-9(3)6-11(12)20-13(21)7-10-14(15(20)18)17(23)19-16(10)22/h4-8H,18H2,1-3H3,(H,19,22,23). The van der Waals surface area contributed by atoms with Gasteiger partial charge in [0.2, 0.25) is 0 Å². The van der Waals surface area contributed by atoms with Crippen molar-refractivity contribution in [3.63, 3.8) is 0 Å². The number of hydrogen-bond acceptors (Lipinski definition) is 5. The number of amides is 2. The van der Waals surface area contributed by atoms with Gasteiger partial charge in [-0.3, -0.25) is 24.3 Å². The Kier molecular flexibility index (Phi) is 3.63. The van der Waals surface area contributed by atoms with Gasteiger partial charge >= 0.3 is 0 Å². The molecule has 1 aliphatic rings. The maximum absolute atomic E-state index is 12.5. The Labute approximate surface area is 138 Å². The van der Waals surface area contributed by atoms with Crippen molar-refractivity contribution < 1.29 is 14.3 Å². The Hall–Kier alpha value is -3.09. The van der Waals surface area contributed by atoms with Gasteiger partial charge in [0.05, 0.1) is 22.9 Å². The molecular weight excluding hydrogens is 310 g/mol. The number of ether oxygens (including phenoxy) is 1. The van der Waals surface area contributed by atoms with Crippen LogP contribution in [0.3, 0.4) is 0 Å². The van der Waals surface area contributed by atoms with Crippen LogP contribution in [0.5, 0.6) is 5.75 Å². The van der Waals surface area contributed by atoms with Gasteiger partial charge in [-0.2, -0.15) is 0 Å². The molecule has 124 valence electrons. The fourth-order valence-electron chi connectivity index (χ4n) is 2.68. The minimum atomic E-state index is -0.617. The van der Waals surface area contributed by atoms with Crippen LogP contribution in [0.1, 0.15) is 40.1 Å². The molecule has 24 heavy (non-hydrogen) atoms. The number of hydrogen-bond donors (Lipinski definition) is 2. The third-order valence-corrected chi connectivity index (χ3v) is 3.67. The lowest BCUT2D eigenvalue weighted by Crippen LogP contribution is -2.25. The molecular formula is C17H17N3O4. The van der Waals surface area contributed by atoms with E-state index in [0.29, 0.717) is 11.4 Å². The van der Waals surface area contributed by atoms with E-state index < -0.39 is 17.4 Å². The highest BCUT2D eigenvalue weighted by atomic mass is 16.5. The Bertz CT molecular complexity index is 928. The quantitative estimate of drug-likeness (QED) is 0.829. The van der Waals surface area contributed by atoms with Crippen LogP contribution >= 0.6 is 0 Å². The Morgan fingerprint density at radius 1 is 1.12 bits per heavy atom. The zero-order valence-electron chi connectivity index (χ0n) is 13.5. The van der Waals surface area contributed by atoms with E-state index in [1.165, 1.54) is 4.57 Å². The second kappa shape index (κ2) is 5.52. The first kappa shape index (κ1) is 15.8. The largest absolute Gasteiger partial charge is 0.489 e. The lowest BCUT2D eigenvalue weighted by atomic mass is 10.1. The van der Waals surface area contributed by atoms with Crippen LogP contribution in [0.25, 0.3) is 5.69 Å². The van der Waals surface area contributed by atoms with Crippen molar-refractivity contribution in [3.05, 3.63) is 51.3 Å². The Morgan fingerprint density at radius 3 is 2.50 bits per heavy atom. The van der Waals surface area contributed by atoms with Crippen LogP contribution in [0.4, 0.5) is 5.82 Å². The summed E-state index contributed by atoms with van der Waals surface area (Å²) in [4.78, 5) is 36.2. The summed E-state index contributed by atoms with van der Waals surface area (Å²) in [6.07, 6.45) is -0.109. The van der Waals surface area contributed by atoms with Crippen molar-refractivity contribution in [1.29, 1.82) is 0 Å². The number of aromatic nitrogens is 1. The number of imide groups is 1. The van der Waals surface area contributed by atoms with E-state index in [1.54, 1.807) is 12.1 Å². The monoisotopic (exact) mass is 327 g/mol. The first-order valence-corrected chi connectivity index (χ1v) is 7.48. The molecule has 1 aromatic heterocycles. The summed E-state index contributed by atoms with van der Waals surface area (Å²) in [5.74, 6) is -0.844. The molecule has 3 N–H and O–H groups in total. The van der Waals surface area contributed by atoms with Gasteiger partial charge in [0.1, 0.15) is 11.6 Å². The van der Waals surface area contributed by atoms with Crippen LogP contribution in [-0.4, -0.2) is 22.5 Å². The van der Waals surface area contributed by atoms with Crippen molar-refractivity contribution >= 4 is 17.6 Å². The predicted octanol–water partition coefficient (Wildman–Crippen LogP) is 1.40. The van der Waals surface area contributed by atoms with Gasteiger partial charge in [0.25, 0.3) is 17.4 Å². The first-order chi connectivity index (χ1) is 11.3. The molecule has 3 rings (SSSR count). The molecule has 2 heterocycles. The molecule has 7 nitrogen and oxygen atoms in total. The number of nitrogens with two attached hydrogens (primary N) is 1. The van der Waals surface area contributed by atoms with E-state index in [4.69, 9.17) is 10.5 Å². The lowest BCUT2D eigenvalue weighted by Gasteiger charge is -2.18. The zero-order valence-corrected chi connectivity index (χ0v) is 13.5. The van der Waals surface area contributed by atoms with Crippen molar-refractivity contribution in [2.45, 2.75) is 26.9 Å². The van der Waals surface area contributed by atoms with Gasteiger partial charge in [-0.15, -0.1) is 0 Å². The summed E-state index contributed by atoms with van der Waals surface area (Å²) in [5, 5.41) is 2.15. The molecule has 2 amide bonds. The predicted molar refractivity (Wildman–Crippen MR) is 88.7 cm³/mol. The molecule has 0 aliphatic carbocycles. The molecule has 0 saturated carbocycles. The molecule has 0 fully saturated rings. The molecule has 0 spiro atoms. The molecule has 0 atom stereocenters. The van der Waals surface area contributed by atoms with Crippen molar-refractivity contribution in [2.75, 3.05) is 5.73 Å². The summed E-state index contributed by atoms with van der Waals surface area (Å²) in [6, 6.07) is 6.46. The SMILES string of the molecule is Cc1ccc(OC(C)C)c(-n2c(N)c3c(cc2=O)C(=O)NC3=O)c1. The number of aryl methyl sites for hydroxylation is 1. The number of carbonyl (C=O) groups is 2. The number of carbonyl (C=O) groups excluding carboxylic acids is 2. The highest BCUT2D eigenvalue weighted by Crippen LogP contribution is 2.29.